The molecule has 0 aromatic rings. The minimum atomic E-state index is 0.143. The van der Waals surface area contributed by atoms with E-state index in [4.69, 9.17) is 0 Å². The Morgan fingerprint density at radius 1 is 0.667 bits per heavy atom. The van der Waals surface area contributed by atoms with Crippen molar-refractivity contribution in [3.8, 4) is 0 Å². The Balaban J connectivity index is 3.34. The van der Waals surface area contributed by atoms with Crippen molar-refractivity contribution in [2.24, 2.45) is 5.92 Å². The van der Waals surface area contributed by atoms with Crippen molar-refractivity contribution in [3.63, 3.8) is 0 Å². The normalized spacial score (nSPS) is 12.0. The molecule has 0 rings (SSSR count). The summed E-state index contributed by atoms with van der Waals surface area (Å²) in [5.74, 6) is 1.06. The Bertz CT molecular complexity index is 358. The third-order valence-electron chi connectivity index (χ3n) is 5.30. The maximum Gasteiger partial charge on any atom is 0.219 e. The van der Waals surface area contributed by atoms with Crippen LogP contribution in [-0.4, -0.2) is 24.9 Å². The van der Waals surface area contributed by atoms with Crippen LogP contribution >= 0.6 is 0 Å². The molecule has 0 spiro atoms. The Labute approximate surface area is 168 Å². The van der Waals surface area contributed by atoms with Gasteiger partial charge in [-0.05, 0) is 25.2 Å². The van der Waals surface area contributed by atoms with Gasteiger partial charge in [0.1, 0.15) is 0 Å². The van der Waals surface area contributed by atoms with Gasteiger partial charge in [-0.2, -0.15) is 0 Å². The number of carbonyl (C=O) groups excluding carboxylic acids is 2. The SMILES string of the molecule is CCCCCCCCCCC(=O)NCCCNC(=O)CCCCC(C)CC. The van der Waals surface area contributed by atoms with Crippen molar-refractivity contribution in [3.05, 3.63) is 0 Å². The van der Waals surface area contributed by atoms with E-state index in [1.165, 1.54) is 51.4 Å². The first-order valence-electron chi connectivity index (χ1n) is 11.6. The molecule has 0 aromatic carbocycles. The highest BCUT2D eigenvalue weighted by molar-refractivity contribution is 5.76. The monoisotopic (exact) mass is 382 g/mol. The molecule has 27 heavy (non-hydrogen) atoms. The third-order valence-corrected chi connectivity index (χ3v) is 5.30. The molecule has 0 heterocycles. The number of amides is 2. The van der Waals surface area contributed by atoms with E-state index >= 15 is 0 Å². The van der Waals surface area contributed by atoms with Gasteiger partial charge in [0.05, 0.1) is 0 Å². The average molecular weight is 383 g/mol. The van der Waals surface area contributed by atoms with Crippen LogP contribution in [0.5, 0.6) is 0 Å². The third kappa shape index (κ3) is 19.5. The van der Waals surface area contributed by atoms with Crippen LogP contribution in [0.2, 0.25) is 0 Å². The van der Waals surface area contributed by atoms with Crippen LogP contribution in [0.1, 0.15) is 117 Å². The van der Waals surface area contributed by atoms with Crippen LogP contribution < -0.4 is 10.6 Å². The fourth-order valence-electron chi connectivity index (χ4n) is 3.12. The van der Waals surface area contributed by atoms with Gasteiger partial charge in [-0.3, -0.25) is 9.59 Å². The van der Waals surface area contributed by atoms with Crippen LogP contribution in [0.25, 0.3) is 0 Å². The number of carbonyl (C=O) groups is 2. The van der Waals surface area contributed by atoms with Crippen molar-refractivity contribution in [2.45, 2.75) is 117 Å². The molecule has 0 saturated heterocycles. The summed E-state index contributed by atoms with van der Waals surface area (Å²) in [6, 6.07) is 0. The fourth-order valence-corrected chi connectivity index (χ4v) is 3.12. The Morgan fingerprint density at radius 2 is 1.15 bits per heavy atom. The largest absolute Gasteiger partial charge is 0.356 e. The molecule has 0 aliphatic carbocycles. The van der Waals surface area contributed by atoms with Crippen molar-refractivity contribution in [1.82, 2.24) is 10.6 Å². The first-order valence-corrected chi connectivity index (χ1v) is 11.6. The lowest BCUT2D eigenvalue weighted by atomic mass is 10.0. The lowest BCUT2D eigenvalue weighted by Crippen LogP contribution is -2.29. The molecule has 0 bridgehead atoms. The molecule has 0 radical (unpaired) electrons. The van der Waals surface area contributed by atoms with Crippen molar-refractivity contribution >= 4 is 11.8 Å². The highest BCUT2D eigenvalue weighted by atomic mass is 16.2. The topological polar surface area (TPSA) is 58.2 Å². The van der Waals surface area contributed by atoms with Gasteiger partial charge >= 0.3 is 0 Å². The Morgan fingerprint density at radius 3 is 1.67 bits per heavy atom. The maximum absolute atomic E-state index is 11.8. The van der Waals surface area contributed by atoms with Crippen LogP contribution in [0.15, 0.2) is 0 Å². The second kappa shape index (κ2) is 19.7. The van der Waals surface area contributed by atoms with E-state index in [1.807, 2.05) is 0 Å². The van der Waals surface area contributed by atoms with E-state index in [0.717, 1.165) is 38.0 Å². The molecular formula is C23H46N2O2. The second-order valence-corrected chi connectivity index (χ2v) is 8.04. The first kappa shape index (κ1) is 25.9. The number of rotatable bonds is 19. The molecule has 0 aliphatic rings. The van der Waals surface area contributed by atoms with Gasteiger partial charge in [-0.15, -0.1) is 0 Å². The van der Waals surface area contributed by atoms with E-state index < -0.39 is 0 Å². The van der Waals surface area contributed by atoms with Crippen LogP contribution in [-0.2, 0) is 9.59 Å². The quantitative estimate of drug-likeness (QED) is 0.280. The van der Waals surface area contributed by atoms with Crippen molar-refractivity contribution in [1.29, 1.82) is 0 Å². The number of hydrogen-bond acceptors (Lipinski definition) is 2. The zero-order valence-electron chi connectivity index (χ0n) is 18.4. The molecule has 0 aromatic heterocycles. The van der Waals surface area contributed by atoms with Crippen molar-refractivity contribution < 1.29 is 9.59 Å². The van der Waals surface area contributed by atoms with Crippen LogP contribution in [0.3, 0.4) is 0 Å². The number of hydrogen-bond donors (Lipinski definition) is 2. The minimum absolute atomic E-state index is 0.143. The lowest BCUT2D eigenvalue weighted by Gasteiger charge is -2.08. The summed E-state index contributed by atoms with van der Waals surface area (Å²) >= 11 is 0. The fraction of sp³-hybridized carbons (Fsp3) is 0.913. The summed E-state index contributed by atoms with van der Waals surface area (Å²) in [7, 11) is 0. The van der Waals surface area contributed by atoms with Gasteiger partial charge in [-0.25, -0.2) is 0 Å². The highest BCUT2D eigenvalue weighted by Gasteiger charge is 2.04. The molecule has 4 heteroatoms. The second-order valence-electron chi connectivity index (χ2n) is 8.04. The molecule has 160 valence electrons. The van der Waals surface area contributed by atoms with E-state index in [-0.39, 0.29) is 11.8 Å². The first-order chi connectivity index (χ1) is 13.1. The molecule has 1 unspecified atom stereocenters. The summed E-state index contributed by atoms with van der Waals surface area (Å²) < 4.78 is 0. The predicted molar refractivity (Wildman–Crippen MR) is 116 cm³/mol. The molecule has 0 saturated carbocycles. The number of unbranched alkanes of at least 4 members (excludes halogenated alkanes) is 8. The molecular weight excluding hydrogens is 336 g/mol. The zero-order valence-corrected chi connectivity index (χ0v) is 18.4. The summed E-state index contributed by atoms with van der Waals surface area (Å²) in [5.41, 5.74) is 0. The summed E-state index contributed by atoms with van der Waals surface area (Å²) in [6.45, 7) is 8.03. The van der Waals surface area contributed by atoms with Gasteiger partial charge < -0.3 is 10.6 Å². The smallest absolute Gasteiger partial charge is 0.219 e. The summed E-state index contributed by atoms with van der Waals surface area (Å²) in [4.78, 5) is 23.5. The van der Waals surface area contributed by atoms with E-state index in [2.05, 4.69) is 31.4 Å². The molecule has 2 N–H and O–H groups in total. The molecule has 0 aliphatic heterocycles. The van der Waals surface area contributed by atoms with Gasteiger partial charge in [0.2, 0.25) is 11.8 Å². The number of nitrogens with one attached hydrogen (secondary N) is 2. The minimum Gasteiger partial charge on any atom is -0.356 e. The maximum atomic E-state index is 11.8. The van der Waals surface area contributed by atoms with E-state index in [1.54, 1.807) is 0 Å². The van der Waals surface area contributed by atoms with E-state index in [9.17, 15) is 9.59 Å². The molecule has 1 atom stereocenters. The highest BCUT2D eigenvalue weighted by Crippen LogP contribution is 2.12. The lowest BCUT2D eigenvalue weighted by molar-refractivity contribution is -0.121. The van der Waals surface area contributed by atoms with Crippen LogP contribution in [0.4, 0.5) is 0 Å². The standard InChI is InChI=1S/C23H46N2O2/c1-4-6-7-8-9-10-11-12-17-22(26)24-19-15-20-25-23(27)18-14-13-16-21(3)5-2/h21H,4-20H2,1-3H3,(H,24,26)(H,25,27). The Hall–Kier alpha value is -1.06. The summed E-state index contributed by atoms with van der Waals surface area (Å²) in [6.07, 6.45) is 16.7. The van der Waals surface area contributed by atoms with Crippen LogP contribution in [0, 0.1) is 5.92 Å². The molecule has 4 nitrogen and oxygen atoms in total. The van der Waals surface area contributed by atoms with Gasteiger partial charge in [0, 0.05) is 25.9 Å². The molecule has 2 amide bonds. The van der Waals surface area contributed by atoms with Gasteiger partial charge in [0.25, 0.3) is 0 Å². The van der Waals surface area contributed by atoms with Gasteiger partial charge in [0.15, 0.2) is 0 Å². The predicted octanol–water partition coefficient (Wildman–Crippen LogP) is 5.75. The molecule has 0 fully saturated rings. The average Bonchev–Trinajstić information content (AvgIpc) is 2.66. The van der Waals surface area contributed by atoms with Gasteiger partial charge in [-0.1, -0.05) is 85.0 Å². The summed E-state index contributed by atoms with van der Waals surface area (Å²) in [5, 5.41) is 5.91. The zero-order chi connectivity index (χ0) is 20.2. The van der Waals surface area contributed by atoms with Crippen molar-refractivity contribution in [2.75, 3.05) is 13.1 Å². The van der Waals surface area contributed by atoms with E-state index in [0.29, 0.717) is 25.9 Å². The Kier molecular flexibility index (Phi) is 18.9.